The fraction of sp³-hybridized carbons (Fsp3) is 0.0213. The van der Waals surface area contributed by atoms with Gasteiger partial charge in [-0.25, -0.2) is 0 Å². The second-order valence-corrected chi connectivity index (χ2v) is 13.2. The quantitative estimate of drug-likeness (QED) is 0.188. The maximum Gasteiger partial charge on any atom is 0.135 e. The van der Waals surface area contributed by atoms with E-state index in [1.165, 1.54) is 10.8 Å². The van der Waals surface area contributed by atoms with Crippen LogP contribution >= 0.6 is 0 Å². The zero-order valence-electron chi connectivity index (χ0n) is 27.9. The number of nitrogens with two attached hydrogens (primary N) is 1. The minimum Gasteiger partial charge on any atom is -0.456 e. The van der Waals surface area contributed by atoms with Crippen LogP contribution in [0.4, 0.5) is 0 Å². The van der Waals surface area contributed by atoms with E-state index in [1.807, 2.05) is 12.1 Å². The maximum absolute atomic E-state index is 6.34. The van der Waals surface area contributed by atoms with Gasteiger partial charge in [-0.3, -0.25) is 0 Å². The number of furan rings is 2. The van der Waals surface area contributed by atoms with E-state index in [-0.39, 0.29) is 0 Å². The Hall–Kier alpha value is -6.78. The van der Waals surface area contributed by atoms with Crippen molar-refractivity contribution in [2.75, 3.05) is 0 Å². The number of rotatable bonds is 5. The first-order valence-corrected chi connectivity index (χ1v) is 17.2. The molecule has 0 saturated heterocycles. The van der Waals surface area contributed by atoms with Crippen molar-refractivity contribution in [3.8, 4) is 22.3 Å². The number of benzene rings is 7. The van der Waals surface area contributed by atoms with E-state index in [1.54, 1.807) is 6.20 Å². The lowest BCUT2D eigenvalue weighted by Crippen LogP contribution is -1.98. The summed E-state index contributed by atoms with van der Waals surface area (Å²) >= 11 is 0. The Morgan fingerprint density at radius 1 is 0.471 bits per heavy atom. The molecule has 4 nitrogen and oxygen atoms in total. The molecule has 4 heteroatoms. The second-order valence-electron chi connectivity index (χ2n) is 13.2. The van der Waals surface area contributed by atoms with E-state index in [0.29, 0.717) is 0 Å². The Morgan fingerprint density at radius 2 is 0.961 bits per heavy atom. The lowest BCUT2D eigenvalue weighted by Gasteiger charge is -2.10. The van der Waals surface area contributed by atoms with Gasteiger partial charge in [0.2, 0.25) is 0 Å². The van der Waals surface area contributed by atoms with Crippen LogP contribution in [0.3, 0.4) is 0 Å². The van der Waals surface area contributed by atoms with Gasteiger partial charge in [0.05, 0.1) is 16.7 Å². The second kappa shape index (κ2) is 11.4. The molecule has 10 rings (SSSR count). The van der Waals surface area contributed by atoms with Gasteiger partial charge in [-0.2, -0.15) is 0 Å². The third-order valence-electron chi connectivity index (χ3n) is 10.2. The highest BCUT2D eigenvalue weighted by atomic mass is 16.3. The highest BCUT2D eigenvalue weighted by molar-refractivity contribution is 6.11. The number of allylic oxidation sites excluding steroid dienone is 3. The van der Waals surface area contributed by atoms with Crippen molar-refractivity contribution in [1.29, 1.82) is 0 Å². The first-order chi connectivity index (χ1) is 25.1. The lowest BCUT2D eigenvalue weighted by molar-refractivity contribution is 0.668. The molecule has 0 fully saturated rings. The number of para-hydroxylation sites is 3. The van der Waals surface area contributed by atoms with Crippen molar-refractivity contribution in [1.82, 2.24) is 4.57 Å². The average Bonchev–Trinajstić information content (AvgIpc) is 3.85. The molecule has 0 saturated carbocycles. The molecule has 0 atom stereocenters. The Labute approximate surface area is 293 Å². The highest BCUT2D eigenvalue weighted by Crippen LogP contribution is 2.38. The molecule has 0 unspecified atom stereocenters. The normalized spacial score (nSPS) is 12.7. The van der Waals surface area contributed by atoms with Crippen LogP contribution in [-0.2, 0) is 0 Å². The monoisotopic (exact) mass is 656 g/mol. The van der Waals surface area contributed by atoms with Crippen molar-refractivity contribution < 1.29 is 8.83 Å². The first-order valence-electron chi connectivity index (χ1n) is 17.2. The fourth-order valence-corrected chi connectivity index (χ4v) is 7.68. The number of aromatic nitrogens is 1. The van der Waals surface area contributed by atoms with E-state index in [2.05, 4.69) is 157 Å². The summed E-state index contributed by atoms with van der Waals surface area (Å²) < 4.78 is 14.7. The minimum absolute atomic E-state index is 0.866. The maximum atomic E-state index is 6.34. The van der Waals surface area contributed by atoms with Crippen molar-refractivity contribution in [3.05, 3.63) is 169 Å². The van der Waals surface area contributed by atoms with Gasteiger partial charge in [0.1, 0.15) is 22.3 Å². The number of hydrogen-bond acceptors (Lipinski definition) is 3. The fourth-order valence-electron chi connectivity index (χ4n) is 7.68. The molecule has 3 aromatic heterocycles. The van der Waals surface area contributed by atoms with E-state index >= 15 is 0 Å². The molecule has 3 heterocycles. The Balaban J connectivity index is 1.03. The molecule has 10 aromatic rings. The minimum atomic E-state index is 0.866. The Kier molecular flexibility index (Phi) is 6.52. The largest absolute Gasteiger partial charge is 0.456 e. The number of fused-ring (bicyclic) bond motifs is 9. The van der Waals surface area contributed by atoms with Crippen LogP contribution in [0.5, 0.6) is 0 Å². The van der Waals surface area contributed by atoms with E-state index in [4.69, 9.17) is 14.6 Å². The molecule has 7 aromatic carbocycles. The lowest BCUT2D eigenvalue weighted by atomic mass is 9.96. The van der Waals surface area contributed by atoms with Crippen LogP contribution in [0.15, 0.2) is 173 Å². The number of nitrogens with zero attached hydrogens (tertiary/aromatic N) is 1. The first kappa shape index (κ1) is 29.2. The van der Waals surface area contributed by atoms with Gasteiger partial charge in [0, 0.05) is 38.5 Å². The molecular weight excluding hydrogens is 625 g/mol. The van der Waals surface area contributed by atoms with Crippen LogP contribution in [0.1, 0.15) is 12.5 Å². The summed E-state index contributed by atoms with van der Waals surface area (Å²) in [6, 6.07) is 53.3. The van der Waals surface area contributed by atoms with E-state index in [9.17, 15) is 0 Å². The summed E-state index contributed by atoms with van der Waals surface area (Å²) in [5.74, 6) is 0. The van der Waals surface area contributed by atoms with Gasteiger partial charge in [-0.15, -0.1) is 0 Å². The molecule has 2 N–H and O–H groups in total. The van der Waals surface area contributed by atoms with Gasteiger partial charge in [0.15, 0.2) is 0 Å². The van der Waals surface area contributed by atoms with Gasteiger partial charge in [-0.1, -0.05) is 91.0 Å². The summed E-state index contributed by atoms with van der Waals surface area (Å²) in [6.45, 7) is 2.14. The Morgan fingerprint density at radius 3 is 1.59 bits per heavy atom. The van der Waals surface area contributed by atoms with Gasteiger partial charge < -0.3 is 19.1 Å². The standard InChI is InChI=1S/C47H32N2O2/c1-29(23-35(28-48)49-42-14-5-2-11-36(42)37-12-3-6-15-43(37)49)30-17-20-46-40(25-30)41-27-34(19-22-47(41)51-46)32-10-8-9-31(24-32)33-18-21-45-39(26-33)38-13-4-7-16-44(38)50-45/h2-28H,48H2,1H3/b29-23+,35-28+. The zero-order chi connectivity index (χ0) is 34.1. The summed E-state index contributed by atoms with van der Waals surface area (Å²) in [5.41, 5.74) is 19.9. The molecule has 0 bridgehead atoms. The van der Waals surface area contributed by atoms with Crippen LogP contribution in [-0.4, -0.2) is 4.57 Å². The molecular formula is C47H32N2O2. The van der Waals surface area contributed by atoms with Crippen LogP contribution in [0.25, 0.3) is 99.2 Å². The van der Waals surface area contributed by atoms with Gasteiger partial charge in [0.25, 0.3) is 0 Å². The van der Waals surface area contributed by atoms with Crippen molar-refractivity contribution in [3.63, 3.8) is 0 Å². The number of hydrogen-bond donors (Lipinski definition) is 1. The molecule has 0 spiro atoms. The summed E-state index contributed by atoms with van der Waals surface area (Å²) in [5, 5.41) is 6.85. The predicted molar refractivity (Wildman–Crippen MR) is 213 cm³/mol. The summed E-state index contributed by atoms with van der Waals surface area (Å²) in [6.07, 6.45) is 3.87. The molecule has 0 radical (unpaired) electrons. The summed E-state index contributed by atoms with van der Waals surface area (Å²) in [4.78, 5) is 0. The third kappa shape index (κ3) is 4.68. The van der Waals surface area contributed by atoms with Crippen LogP contribution in [0, 0.1) is 0 Å². The predicted octanol–water partition coefficient (Wildman–Crippen LogP) is 12.8. The van der Waals surface area contributed by atoms with Gasteiger partial charge in [-0.05, 0) is 107 Å². The van der Waals surface area contributed by atoms with Crippen LogP contribution in [0.2, 0.25) is 0 Å². The van der Waals surface area contributed by atoms with Crippen LogP contribution < -0.4 is 5.73 Å². The molecule has 0 aliphatic carbocycles. The smallest absolute Gasteiger partial charge is 0.135 e. The molecule has 0 amide bonds. The molecule has 0 aliphatic rings. The topological polar surface area (TPSA) is 57.2 Å². The average molecular weight is 657 g/mol. The molecule has 242 valence electrons. The summed E-state index contributed by atoms with van der Waals surface area (Å²) in [7, 11) is 0. The van der Waals surface area contributed by atoms with Crippen molar-refractivity contribution in [2.45, 2.75) is 6.92 Å². The third-order valence-corrected chi connectivity index (χ3v) is 10.2. The van der Waals surface area contributed by atoms with Crippen molar-refractivity contribution in [2.24, 2.45) is 5.73 Å². The molecule has 51 heavy (non-hydrogen) atoms. The van der Waals surface area contributed by atoms with E-state index < -0.39 is 0 Å². The van der Waals surface area contributed by atoms with E-state index in [0.717, 1.165) is 94.0 Å². The van der Waals surface area contributed by atoms with Crippen molar-refractivity contribution >= 4 is 77.0 Å². The highest BCUT2D eigenvalue weighted by Gasteiger charge is 2.15. The van der Waals surface area contributed by atoms with Gasteiger partial charge >= 0.3 is 0 Å². The molecule has 0 aliphatic heterocycles. The Bertz CT molecular complexity index is 3000. The SMILES string of the molecule is C/C(=C\C(=C/N)n1c2ccccc2c2ccccc21)c1ccc2oc3ccc(-c4cccc(-c5ccc6oc7ccccc7c6c5)c4)cc3c2c1. The zero-order valence-corrected chi connectivity index (χ0v) is 27.9.